The summed E-state index contributed by atoms with van der Waals surface area (Å²) in [6.45, 7) is 5.67. The highest BCUT2D eigenvalue weighted by molar-refractivity contribution is 7.10. The van der Waals surface area contributed by atoms with Crippen molar-refractivity contribution < 1.29 is 4.79 Å². The second kappa shape index (κ2) is 9.71. The van der Waals surface area contributed by atoms with Gasteiger partial charge in [0.05, 0.1) is 10.7 Å². The van der Waals surface area contributed by atoms with Crippen LogP contribution in [-0.2, 0) is 4.79 Å². The van der Waals surface area contributed by atoms with E-state index in [0.29, 0.717) is 6.54 Å². The van der Waals surface area contributed by atoms with Gasteiger partial charge in [0.15, 0.2) is 0 Å². The lowest BCUT2D eigenvalue weighted by atomic mass is 10.2. The molecule has 3 rings (SSSR count). The van der Waals surface area contributed by atoms with Gasteiger partial charge in [-0.25, -0.2) is 4.98 Å². The minimum Gasteiger partial charge on any atom is -0.368 e. The van der Waals surface area contributed by atoms with Crippen molar-refractivity contribution in [2.45, 2.75) is 6.42 Å². The van der Waals surface area contributed by atoms with Crippen LogP contribution < -0.4 is 10.2 Å². The Morgan fingerprint density at radius 1 is 1.27 bits per heavy atom. The Balaban J connectivity index is 1.32. The molecule has 26 heavy (non-hydrogen) atoms. The summed E-state index contributed by atoms with van der Waals surface area (Å²) in [6, 6.07) is 8.00. The summed E-state index contributed by atoms with van der Waals surface area (Å²) in [7, 11) is 0. The van der Waals surface area contributed by atoms with Gasteiger partial charge in [-0.15, -0.1) is 11.3 Å². The molecule has 1 N–H and O–H groups in total. The maximum atomic E-state index is 11.8. The van der Waals surface area contributed by atoms with E-state index in [-0.39, 0.29) is 5.91 Å². The second-order valence-corrected chi connectivity index (χ2v) is 7.46. The van der Waals surface area contributed by atoms with Crippen LogP contribution in [0.25, 0.3) is 6.08 Å². The summed E-state index contributed by atoms with van der Waals surface area (Å²) < 4.78 is 0. The van der Waals surface area contributed by atoms with E-state index >= 15 is 0 Å². The van der Waals surface area contributed by atoms with Crippen LogP contribution in [0.15, 0.2) is 41.9 Å². The van der Waals surface area contributed by atoms with Crippen molar-refractivity contribution in [3.05, 3.63) is 51.9 Å². The summed E-state index contributed by atoms with van der Waals surface area (Å²) in [5.41, 5.74) is 1.12. The number of amides is 1. The third-order valence-corrected chi connectivity index (χ3v) is 5.40. The molecule has 0 saturated carbocycles. The normalized spacial score (nSPS) is 15.5. The zero-order chi connectivity index (χ0) is 18.2. The van der Waals surface area contributed by atoms with E-state index in [9.17, 15) is 4.79 Å². The highest BCUT2D eigenvalue weighted by Gasteiger charge is 2.18. The van der Waals surface area contributed by atoms with Gasteiger partial charge in [-0.3, -0.25) is 9.69 Å². The molecule has 5 nitrogen and oxygen atoms in total. The monoisotopic (exact) mass is 390 g/mol. The van der Waals surface area contributed by atoms with Gasteiger partial charge in [0, 0.05) is 50.4 Å². The number of para-hydroxylation sites is 1. The summed E-state index contributed by atoms with van der Waals surface area (Å²) in [4.78, 5) is 20.7. The van der Waals surface area contributed by atoms with E-state index in [2.05, 4.69) is 26.2 Å². The summed E-state index contributed by atoms with van der Waals surface area (Å²) >= 11 is 7.79. The first kappa shape index (κ1) is 18.9. The molecule has 0 aliphatic carbocycles. The zero-order valence-electron chi connectivity index (χ0n) is 14.6. The van der Waals surface area contributed by atoms with Crippen LogP contribution in [-0.4, -0.2) is 55.1 Å². The molecule has 0 radical (unpaired) electrons. The summed E-state index contributed by atoms with van der Waals surface area (Å²) in [6.07, 6.45) is 5.96. The smallest absolute Gasteiger partial charge is 0.244 e. The number of hydrogen-bond donors (Lipinski definition) is 1. The van der Waals surface area contributed by atoms with E-state index < -0.39 is 0 Å². The second-order valence-electron chi connectivity index (χ2n) is 6.13. The number of rotatable bonds is 7. The van der Waals surface area contributed by atoms with E-state index in [4.69, 9.17) is 11.6 Å². The van der Waals surface area contributed by atoms with Crippen molar-refractivity contribution in [3.8, 4) is 0 Å². The van der Waals surface area contributed by atoms with Crippen LogP contribution in [0.5, 0.6) is 0 Å². The van der Waals surface area contributed by atoms with Gasteiger partial charge in [0.1, 0.15) is 5.01 Å². The fraction of sp³-hybridized carbons (Fsp3) is 0.368. The van der Waals surface area contributed by atoms with Crippen molar-refractivity contribution >= 4 is 40.6 Å². The highest BCUT2D eigenvalue weighted by Crippen LogP contribution is 2.25. The summed E-state index contributed by atoms with van der Waals surface area (Å²) in [5, 5.41) is 6.47. The minimum atomic E-state index is -0.0660. The van der Waals surface area contributed by atoms with Crippen LogP contribution in [0.1, 0.15) is 11.4 Å². The van der Waals surface area contributed by atoms with Crippen LogP contribution in [0.2, 0.25) is 5.02 Å². The molecule has 0 spiro atoms. The van der Waals surface area contributed by atoms with E-state index in [1.54, 1.807) is 18.3 Å². The first-order valence-corrected chi connectivity index (χ1v) is 10.1. The minimum absolute atomic E-state index is 0.0660. The molecule has 138 valence electrons. The third-order valence-electron chi connectivity index (χ3n) is 4.34. The predicted molar refractivity (Wildman–Crippen MR) is 109 cm³/mol. The molecule has 0 bridgehead atoms. The fourth-order valence-corrected chi connectivity index (χ4v) is 3.74. The molecule has 0 atom stereocenters. The van der Waals surface area contributed by atoms with Crippen LogP contribution in [0, 0.1) is 0 Å². The van der Waals surface area contributed by atoms with Crippen LogP contribution in [0.4, 0.5) is 5.69 Å². The van der Waals surface area contributed by atoms with Crippen molar-refractivity contribution in [1.82, 2.24) is 15.2 Å². The van der Waals surface area contributed by atoms with E-state index in [1.807, 2.05) is 23.6 Å². The number of benzene rings is 1. The first-order chi connectivity index (χ1) is 12.7. The lowest BCUT2D eigenvalue weighted by Gasteiger charge is -2.36. The first-order valence-electron chi connectivity index (χ1n) is 8.79. The van der Waals surface area contributed by atoms with Gasteiger partial charge < -0.3 is 10.2 Å². The molecule has 1 aromatic carbocycles. The van der Waals surface area contributed by atoms with Crippen molar-refractivity contribution in [2.75, 3.05) is 44.2 Å². The van der Waals surface area contributed by atoms with Crippen molar-refractivity contribution in [1.29, 1.82) is 0 Å². The molecule has 1 saturated heterocycles. The molecular formula is C19H23ClN4OS. The molecule has 2 aromatic rings. The number of hydrogen-bond acceptors (Lipinski definition) is 5. The fourth-order valence-electron chi connectivity index (χ4n) is 2.96. The number of thiazole rings is 1. The zero-order valence-corrected chi connectivity index (χ0v) is 16.2. The SMILES string of the molecule is O=C(C=Cc1nccs1)NCCCN1CCN(c2ccccc2Cl)CC1. The largest absolute Gasteiger partial charge is 0.368 e. The van der Waals surface area contributed by atoms with Gasteiger partial charge >= 0.3 is 0 Å². The molecule has 1 amide bonds. The lowest BCUT2D eigenvalue weighted by molar-refractivity contribution is -0.116. The molecule has 1 fully saturated rings. The molecule has 7 heteroatoms. The van der Waals surface area contributed by atoms with Gasteiger partial charge in [0.25, 0.3) is 0 Å². The van der Waals surface area contributed by atoms with Crippen LogP contribution >= 0.6 is 22.9 Å². The van der Waals surface area contributed by atoms with Gasteiger partial charge in [-0.05, 0) is 31.2 Å². The number of anilines is 1. The topological polar surface area (TPSA) is 48.5 Å². The number of piperazine rings is 1. The maximum absolute atomic E-state index is 11.8. The Kier molecular flexibility index (Phi) is 7.05. The Bertz CT molecular complexity index is 727. The number of aromatic nitrogens is 1. The highest BCUT2D eigenvalue weighted by atomic mass is 35.5. The van der Waals surface area contributed by atoms with Gasteiger partial charge in [0.2, 0.25) is 5.91 Å². The molecule has 1 aliphatic rings. The van der Waals surface area contributed by atoms with E-state index in [1.165, 1.54) is 11.3 Å². The Morgan fingerprint density at radius 3 is 2.81 bits per heavy atom. The molecular weight excluding hydrogens is 368 g/mol. The Hall–Kier alpha value is -1.89. The number of nitrogens with zero attached hydrogens (tertiary/aromatic N) is 3. The maximum Gasteiger partial charge on any atom is 0.244 e. The standard InChI is InChI=1S/C19H23ClN4OS/c20-16-4-1-2-5-17(16)24-13-11-23(12-14-24)10-3-8-21-18(25)6-7-19-22-9-15-26-19/h1-2,4-7,9,15H,3,8,10-14H2,(H,21,25). The number of carbonyl (C=O) groups excluding carboxylic acids is 1. The number of nitrogens with one attached hydrogen (secondary N) is 1. The lowest BCUT2D eigenvalue weighted by Crippen LogP contribution is -2.47. The molecule has 1 aromatic heterocycles. The quantitative estimate of drug-likeness (QED) is 0.582. The van der Waals surface area contributed by atoms with Crippen molar-refractivity contribution in [3.63, 3.8) is 0 Å². The average Bonchev–Trinajstić information content (AvgIpc) is 3.18. The molecule has 1 aliphatic heterocycles. The number of halogens is 1. The van der Waals surface area contributed by atoms with Crippen LogP contribution in [0.3, 0.4) is 0 Å². The molecule has 0 unspecified atom stereocenters. The Morgan fingerprint density at radius 2 is 2.08 bits per heavy atom. The predicted octanol–water partition coefficient (Wildman–Crippen LogP) is 3.14. The average molecular weight is 391 g/mol. The number of carbonyl (C=O) groups is 1. The Labute approximate surface area is 163 Å². The van der Waals surface area contributed by atoms with E-state index in [0.717, 1.165) is 54.9 Å². The van der Waals surface area contributed by atoms with Crippen molar-refractivity contribution in [2.24, 2.45) is 0 Å². The van der Waals surface area contributed by atoms with Gasteiger partial charge in [-0.2, -0.15) is 0 Å². The van der Waals surface area contributed by atoms with Gasteiger partial charge in [-0.1, -0.05) is 23.7 Å². The summed E-state index contributed by atoms with van der Waals surface area (Å²) in [5.74, 6) is -0.0660. The molecule has 2 heterocycles. The third kappa shape index (κ3) is 5.56.